The van der Waals surface area contributed by atoms with E-state index in [1.165, 1.54) is 18.4 Å². The lowest BCUT2D eigenvalue weighted by Crippen LogP contribution is -2.32. The van der Waals surface area contributed by atoms with Crippen LogP contribution in [0, 0.1) is 0 Å². The van der Waals surface area contributed by atoms with Crippen LogP contribution >= 0.6 is 11.3 Å². The van der Waals surface area contributed by atoms with E-state index in [0.29, 0.717) is 5.75 Å². The van der Waals surface area contributed by atoms with E-state index >= 15 is 0 Å². The number of thiophene rings is 1. The van der Waals surface area contributed by atoms with Gasteiger partial charge in [-0.3, -0.25) is 4.79 Å². The summed E-state index contributed by atoms with van der Waals surface area (Å²) in [7, 11) is 1.32. The SMILES string of the molecule is COC(=O)CC(NC(=O)Oc1ccccc1)c1cccs1. The molecular formula is C15H15NO4S. The Hall–Kier alpha value is -2.34. The lowest BCUT2D eigenvalue weighted by Gasteiger charge is -2.16. The van der Waals surface area contributed by atoms with Gasteiger partial charge >= 0.3 is 12.1 Å². The number of amides is 1. The molecule has 110 valence electrons. The van der Waals surface area contributed by atoms with Gasteiger partial charge in [-0.2, -0.15) is 0 Å². The zero-order valence-electron chi connectivity index (χ0n) is 11.4. The van der Waals surface area contributed by atoms with Crippen LogP contribution in [0.5, 0.6) is 5.75 Å². The van der Waals surface area contributed by atoms with Crippen molar-refractivity contribution in [3.8, 4) is 5.75 Å². The van der Waals surface area contributed by atoms with Gasteiger partial charge in [-0.25, -0.2) is 4.79 Å². The molecule has 0 aliphatic heterocycles. The van der Waals surface area contributed by atoms with Crippen molar-refractivity contribution in [2.75, 3.05) is 7.11 Å². The van der Waals surface area contributed by atoms with E-state index in [1.807, 2.05) is 23.6 Å². The predicted octanol–water partition coefficient (Wildman–Crippen LogP) is 3.14. The molecule has 0 aliphatic carbocycles. The molecule has 1 unspecified atom stereocenters. The Labute approximate surface area is 126 Å². The van der Waals surface area contributed by atoms with Gasteiger partial charge in [-0.15, -0.1) is 11.3 Å². The number of benzene rings is 1. The van der Waals surface area contributed by atoms with Gasteiger partial charge in [0.25, 0.3) is 0 Å². The number of hydrogen-bond acceptors (Lipinski definition) is 5. The quantitative estimate of drug-likeness (QED) is 0.862. The number of nitrogens with one attached hydrogen (secondary N) is 1. The van der Waals surface area contributed by atoms with Crippen molar-refractivity contribution in [1.29, 1.82) is 0 Å². The smallest absolute Gasteiger partial charge is 0.413 e. The van der Waals surface area contributed by atoms with E-state index in [1.54, 1.807) is 24.3 Å². The van der Waals surface area contributed by atoms with Crippen molar-refractivity contribution in [3.05, 3.63) is 52.7 Å². The standard InChI is InChI=1S/C15H15NO4S/c1-19-14(17)10-12(13-8-5-9-21-13)16-15(18)20-11-6-3-2-4-7-11/h2-9,12H,10H2,1H3,(H,16,18). The molecule has 0 bridgehead atoms. The van der Waals surface area contributed by atoms with Crippen LogP contribution in [-0.2, 0) is 9.53 Å². The highest BCUT2D eigenvalue weighted by Crippen LogP contribution is 2.22. The maximum absolute atomic E-state index is 11.9. The van der Waals surface area contributed by atoms with Crippen molar-refractivity contribution >= 4 is 23.4 Å². The van der Waals surface area contributed by atoms with E-state index < -0.39 is 18.1 Å². The molecule has 0 spiro atoms. The first-order chi connectivity index (χ1) is 10.2. The Balaban J connectivity index is 2.01. The zero-order chi connectivity index (χ0) is 15.1. The molecule has 0 aliphatic rings. The molecule has 2 aromatic rings. The first-order valence-electron chi connectivity index (χ1n) is 6.32. The van der Waals surface area contributed by atoms with Gasteiger partial charge < -0.3 is 14.8 Å². The summed E-state index contributed by atoms with van der Waals surface area (Å²) in [6.07, 6.45) is -0.551. The average Bonchev–Trinajstić information content (AvgIpc) is 3.01. The molecule has 1 amide bonds. The van der Waals surface area contributed by atoms with Crippen molar-refractivity contribution in [1.82, 2.24) is 5.32 Å². The molecule has 0 fully saturated rings. The Kier molecular flexibility index (Phi) is 5.34. The topological polar surface area (TPSA) is 64.6 Å². The van der Waals surface area contributed by atoms with Crippen LogP contribution in [-0.4, -0.2) is 19.2 Å². The largest absolute Gasteiger partial charge is 0.469 e. The summed E-state index contributed by atoms with van der Waals surface area (Å²) in [5.41, 5.74) is 0. The normalized spacial score (nSPS) is 11.5. The molecule has 1 aromatic heterocycles. The van der Waals surface area contributed by atoms with Gasteiger partial charge in [-0.05, 0) is 23.6 Å². The number of rotatable bonds is 5. The minimum atomic E-state index is -0.608. The second-order valence-electron chi connectivity index (χ2n) is 4.20. The Morgan fingerprint density at radius 1 is 1.19 bits per heavy atom. The monoisotopic (exact) mass is 305 g/mol. The highest BCUT2D eigenvalue weighted by molar-refractivity contribution is 7.10. The van der Waals surface area contributed by atoms with Crippen LogP contribution in [0.2, 0.25) is 0 Å². The van der Waals surface area contributed by atoms with Crippen LogP contribution in [0.3, 0.4) is 0 Å². The lowest BCUT2D eigenvalue weighted by molar-refractivity contribution is -0.141. The molecule has 6 heteroatoms. The summed E-state index contributed by atoms with van der Waals surface area (Å²) in [6, 6.07) is 12.0. The Morgan fingerprint density at radius 3 is 2.57 bits per heavy atom. The van der Waals surface area contributed by atoms with Crippen LogP contribution < -0.4 is 10.1 Å². The molecule has 1 N–H and O–H groups in total. The predicted molar refractivity (Wildman–Crippen MR) is 79.3 cm³/mol. The summed E-state index contributed by atoms with van der Waals surface area (Å²) in [6.45, 7) is 0. The molecule has 0 saturated heterocycles. The van der Waals surface area contributed by atoms with Crippen LogP contribution in [0.25, 0.3) is 0 Å². The summed E-state index contributed by atoms with van der Waals surface area (Å²) in [5, 5.41) is 4.56. The zero-order valence-corrected chi connectivity index (χ0v) is 12.3. The average molecular weight is 305 g/mol. The molecule has 0 radical (unpaired) electrons. The van der Waals surface area contributed by atoms with Crippen molar-refractivity contribution < 1.29 is 19.1 Å². The number of hydrogen-bond donors (Lipinski definition) is 1. The molecule has 1 aromatic carbocycles. The van der Waals surface area contributed by atoms with E-state index in [-0.39, 0.29) is 6.42 Å². The van der Waals surface area contributed by atoms with E-state index in [4.69, 9.17) is 4.74 Å². The highest BCUT2D eigenvalue weighted by atomic mass is 32.1. The lowest BCUT2D eigenvalue weighted by atomic mass is 10.2. The summed E-state index contributed by atoms with van der Waals surface area (Å²) in [4.78, 5) is 24.2. The van der Waals surface area contributed by atoms with Gasteiger partial charge in [0.1, 0.15) is 5.75 Å². The molecule has 0 saturated carbocycles. The summed E-state index contributed by atoms with van der Waals surface area (Å²) >= 11 is 1.45. The number of para-hydroxylation sites is 1. The molecule has 21 heavy (non-hydrogen) atoms. The minimum absolute atomic E-state index is 0.0565. The van der Waals surface area contributed by atoms with Crippen molar-refractivity contribution in [2.45, 2.75) is 12.5 Å². The van der Waals surface area contributed by atoms with Crippen LogP contribution in [0.15, 0.2) is 47.8 Å². The first-order valence-corrected chi connectivity index (χ1v) is 7.20. The van der Waals surface area contributed by atoms with E-state index in [0.717, 1.165) is 4.88 Å². The number of esters is 1. The van der Waals surface area contributed by atoms with Gasteiger partial charge in [0.2, 0.25) is 0 Å². The van der Waals surface area contributed by atoms with Gasteiger partial charge in [0.05, 0.1) is 19.6 Å². The van der Waals surface area contributed by atoms with Crippen molar-refractivity contribution in [3.63, 3.8) is 0 Å². The van der Waals surface area contributed by atoms with E-state index in [9.17, 15) is 9.59 Å². The molecular weight excluding hydrogens is 290 g/mol. The highest BCUT2D eigenvalue weighted by Gasteiger charge is 2.20. The first kappa shape index (κ1) is 15.1. The van der Waals surface area contributed by atoms with Crippen molar-refractivity contribution in [2.24, 2.45) is 0 Å². The third kappa shape index (κ3) is 4.61. The summed E-state index contributed by atoms with van der Waals surface area (Å²) in [5.74, 6) is 0.0476. The Morgan fingerprint density at radius 2 is 1.95 bits per heavy atom. The molecule has 1 atom stereocenters. The fourth-order valence-corrected chi connectivity index (χ4v) is 2.51. The Bertz CT molecular complexity index is 583. The number of carbonyl (C=O) groups is 2. The second-order valence-corrected chi connectivity index (χ2v) is 5.17. The molecule has 1 heterocycles. The van der Waals surface area contributed by atoms with E-state index in [2.05, 4.69) is 10.1 Å². The summed E-state index contributed by atoms with van der Waals surface area (Å²) < 4.78 is 9.81. The third-order valence-corrected chi connectivity index (χ3v) is 3.72. The maximum Gasteiger partial charge on any atom is 0.413 e. The second kappa shape index (κ2) is 7.44. The fraction of sp³-hybridized carbons (Fsp3) is 0.200. The van der Waals surface area contributed by atoms with Crippen LogP contribution in [0.1, 0.15) is 17.3 Å². The maximum atomic E-state index is 11.9. The minimum Gasteiger partial charge on any atom is -0.469 e. The fourth-order valence-electron chi connectivity index (χ4n) is 1.73. The number of ether oxygens (including phenoxy) is 2. The third-order valence-electron chi connectivity index (χ3n) is 2.73. The molecule has 5 nitrogen and oxygen atoms in total. The van der Waals surface area contributed by atoms with Crippen LogP contribution in [0.4, 0.5) is 4.79 Å². The molecule has 2 rings (SSSR count). The van der Waals surface area contributed by atoms with Gasteiger partial charge in [-0.1, -0.05) is 24.3 Å². The van der Waals surface area contributed by atoms with Gasteiger partial charge in [0, 0.05) is 4.88 Å². The number of carbonyl (C=O) groups excluding carboxylic acids is 2. The number of methoxy groups -OCH3 is 1. The van der Waals surface area contributed by atoms with Gasteiger partial charge in [0.15, 0.2) is 0 Å².